The quantitative estimate of drug-likeness (QED) is 0.873. The highest BCUT2D eigenvalue weighted by Crippen LogP contribution is 2.31. The van der Waals surface area contributed by atoms with Crippen LogP contribution in [0.25, 0.3) is 0 Å². The van der Waals surface area contributed by atoms with Gasteiger partial charge in [0, 0.05) is 5.92 Å². The summed E-state index contributed by atoms with van der Waals surface area (Å²) < 4.78 is 46.3. The largest absolute Gasteiger partial charge is 0.493 e. The molecule has 0 aromatic heterocycles. The number of halogens is 3. The van der Waals surface area contributed by atoms with Crippen LogP contribution in [-0.2, 0) is 4.79 Å². The molecule has 1 rings (SSSR count). The van der Waals surface area contributed by atoms with Crippen LogP contribution in [-0.4, -0.2) is 25.8 Å². The van der Waals surface area contributed by atoms with Crippen LogP contribution in [0.3, 0.4) is 0 Å². The number of nitrogens with one attached hydrogen (secondary N) is 1. The van der Waals surface area contributed by atoms with Gasteiger partial charge in [0.15, 0.2) is 18.1 Å². The normalized spacial score (nSPS) is 12.9. The number of carbonyl (C=O) groups is 1. The second kappa shape index (κ2) is 7.38. The van der Waals surface area contributed by atoms with Gasteiger partial charge in [-0.25, -0.2) is 0 Å². The minimum atomic E-state index is -4.41. The average molecular weight is 319 g/mol. The van der Waals surface area contributed by atoms with E-state index in [4.69, 9.17) is 9.47 Å². The van der Waals surface area contributed by atoms with Crippen molar-refractivity contribution in [3.05, 3.63) is 23.8 Å². The topological polar surface area (TPSA) is 47.6 Å². The first-order valence-corrected chi connectivity index (χ1v) is 6.82. The molecule has 1 N–H and O–H groups in total. The third kappa shape index (κ3) is 5.46. The minimum absolute atomic E-state index is 0.00552. The van der Waals surface area contributed by atoms with Gasteiger partial charge in [0.25, 0.3) is 0 Å². The summed E-state index contributed by atoms with van der Waals surface area (Å²) >= 11 is 0. The van der Waals surface area contributed by atoms with E-state index in [1.807, 2.05) is 0 Å². The van der Waals surface area contributed by atoms with Crippen LogP contribution < -0.4 is 14.8 Å². The number of methoxy groups -OCH3 is 1. The van der Waals surface area contributed by atoms with Crippen LogP contribution in [0.2, 0.25) is 0 Å². The summed E-state index contributed by atoms with van der Waals surface area (Å²) in [5.41, 5.74) is 0.713. The average Bonchev–Trinajstić information content (AvgIpc) is 2.43. The van der Waals surface area contributed by atoms with E-state index in [9.17, 15) is 18.0 Å². The van der Waals surface area contributed by atoms with Gasteiger partial charge in [-0.05, 0) is 24.6 Å². The van der Waals surface area contributed by atoms with Gasteiger partial charge in [-0.15, -0.1) is 0 Å². The van der Waals surface area contributed by atoms with E-state index in [1.165, 1.54) is 13.2 Å². The lowest BCUT2D eigenvalue weighted by Gasteiger charge is -2.18. The molecule has 0 saturated heterocycles. The molecule has 0 bridgehead atoms. The maximum absolute atomic E-state index is 12.2. The number of hydrogen-bond donors (Lipinski definition) is 1. The summed E-state index contributed by atoms with van der Waals surface area (Å²) in [6, 6.07) is 4.26. The van der Waals surface area contributed by atoms with Gasteiger partial charge in [0.1, 0.15) is 0 Å². The van der Waals surface area contributed by atoms with Crippen LogP contribution in [0.4, 0.5) is 13.2 Å². The standard InChI is InChI=1S/C15H20F3NO3/c1-9(2)14(20)19-10(3)11-5-6-12(13(7-11)21-4)22-8-15(16,17)18/h5-7,9-10H,8H2,1-4H3,(H,19,20)/t10-/m0/s1. The summed E-state index contributed by atoms with van der Waals surface area (Å²) in [7, 11) is 1.34. The minimum Gasteiger partial charge on any atom is -0.493 e. The first-order chi connectivity index (χ1) is 10.1. The van der Waals surface area contributed by atoms with Crippen molar-refractivity contribution in [2.75, 3.05) is 13.7 Å². The Balaban J connectivity index is 2.85. The molecule has 124 valence electrons. The summed E-state index contributed by atoms with van der Waals surface area (Å²) in [6.07, 6.45) is -4.41. The number of carbonyl (C=O) groups excluding carboxylic acids is 1. The Morgan fingerprint density at radius 3 is 2.36 bits per heavy atom. The van der Waals surface area contributed by atoms with Crippen LogP contribution in [0.5, 0.6) is 11.5 Å². The molecule has 0 fully saturated rings. The molecule has 0 aliphatic heterocycles. The van der Waals surface area contributed by atoms with E-state index in [0.29, 0.717) is 5.56 Å². The van der Waals surface area contributed by atoms with Crippen LogP contribution >= 0.6 is 0 Å². The summed E-state index contributed by atoms with van der Waals surface area (Å²) in [5.74, 6) is -0.0686. The fourth-order valence-corrected chi connectivity index (χ4v) is 1.70. The van der Waals surface area contributed by atoms with Crippen molar-refractivity contribution < 1.29 is 27.4 Å². The van der Waals surface area contributed by atoms with Crippen LogP contribution in [0, 0.1) is 5.92 Å². The highest BCUT2D eigenvalue weighted by molar-refractivity contribution is 5.78. The fraction of sp³-hybridized carbons (Fsp3) is 0.533. The zero-order chi connectivity index (χ0) is 16.9. The Morgan fingerprint density at radius 2 is 1.86 bits per heavy atom. The Labute approximate surface area is 127 Å². The van der Waals surface area contributed by atoms with E-state index in [1.54, 1.807) is 32.9 Å². The third-order valence-electron chi connectivity index (χ3n) is 2.96. The van der Waals surface area contributed by atoms with Crippen molar-refractivity contribution in [1.29, 1.82) is 0 Å². The van der Waals surface area contributed by atoms with Crippen molar-refractivity contribution in [2.45, 2.75) is 33.0 Å². The van der Waals surface area contributed by atoms with Gasteiger partial charge in [0.05, 0.1) is 13.2 Å². The maximum Gasteiger partial charge on any atom is 0.422 e. The number of alkyl halides is 3. The highest BCUT2D eigenvalue weighted by Gasteiger charge is 2.29. The lowest BCUT2D eigenvalue weighted by molar-refractivity contribution is -0.153. The Morgan fingerprint density at radius 1 is 1.23 bits per heavy atom. The van der Waals surface area contributed by atoms with E-state index in [2.05, 4.69) is 5.32 Å². The Bertz CT molecular complexity index is 515. The van der Waals surface area contributed by atoms with Gasteiger partial charge in [-0.1, -0.05) is 19.9 Å². The predicted molar refractivity (Wildman–Crippen MR) is 75.9 cm³/mol. The number of amides is 1. The van der Waals surface area contributed by atoms with Gasteiger partial charge in [0.2, 0.25) is 5.91 Å². The molecule has 1 amide bonds. The maximum atomic E-state index is 12.2. The summed E-state index contributed by atoms with van der Waals surface area (Å²) in [5, 5.41) is 2.81. The van der Waals surface area contributed by atoms with E-state index in [-0.39, 0.29) is 29.4 Å². The van der Waals surface area contributed by atoms with Crippen LogP contribution in [0.15, 0.2) is 18.2 Å². The molecule has 0 radical (unpaired) electrons. The molecule has 0 spiro atoms. The second-order valence-electron chi connectivity index (χ2n) is 5.20. The molecule has 0 saturated carbocycles. The SMILES string of the molecule is COc1cc([C@H](C)NC(=O)C(C)C)ccc1OCC(F)(F)F. The highest BCUT2D eigenvalue weighted by atomic mass is 19.4. The molecule has 1 atom stereocenters. The van der Waals surface area contributed by atoms with E-state index < -0.39 is 12.8 Å². The first kappa shape index (κ1) is 18.1. The lowest BCUT2D eigenvalue weighted by Crippen LogP contribution is -2.30. The van der Waals surface area contributed by atoms with Gasteiger partial charge >= 0.3 is 6.18 Å². The Kier molecular flexibility index (Phi) is 6.08. The molecule has 0 heterocycles. The third-order valence-corrected chi connectivity index (χ3v) is 2.96. The Hall–Kier alpha value is -1.92. The van der Waals surface area contributed by atoms with Crippen molar-refractivity contribution in [1.82, 2.24) is 5.32 Å². The van der Waals surface area contributed by atoms with Crippen molar-refractivity contribution >= 4 is 5.91 Å². The lowest BCUT2D eigenvalue weighted by atomic mass is 10.1. The van der Waals surface area contributed by atoms with Gasteiger partial charge in [-0.2, -0.15) is 13.2 Å². The predicted octanol–water partition coefficient (Wildman–Crippen LogP) is 3.47. The first-order valence-electron chi connectivity index (χ1n) is 6.82. The smallest absolute Gasteiger partial charge is 0.422 e. The summed E-state index contributed by atoms with van der Waals surface area (Å²) in [6.45, 7) is 3.95. The number of benzene rings is 1. The zero-order valence-corrected chi connectivity index (χ0v) is 13.0. The molecule has 1 aromatic rings. The molecule has 4 nitrogen and oxygen atoms in total. The summed E-state index contributed by atoms with van der Waals surface area (Å²) in [4.78, 5) is 11.7. The van der Waals surface area contributed by atoms with Crippen molar-refractivity contribution in [3.8, 4) is 11.5 Å². The number of rotatable bonds is 6. The van der Waals surface area contributed by atoms with Crippen LogP contribution in [0.1, 0.15) is 32.4 Å². The zero-order valence-electron chi connectivity index (χ0n) is 13.0. The molecule has 0 aliphatic carbocycles. The molecule has 7 heteroatoms. The molecule has 22 heavy (non-hydrogen) atoms. The molecular formula is C15H20F3NO3. The fourth-order valence-electron chi connectivity index (χ4n) is 1.70. The molecule has 0 unspecified atom stereocenters. The van der Waals surface area contributed by atoms with E-state index in [0.717, 1.165) is 0 Å². The van der Waals surface area contributed by atoms with Crippen molar-refractivity contribution in [2.24, 2.45) is 5.92 Å². The van der Waals surface area contributed by atoms with E-state index >= 15 is 0 Å². The number of hydrogen-bond acceptors (Lipinski definition) is 3. The molecule has 1 aromatic carbocycles. The van der Waals surface area contributed by atoms with Gasteiger partial charge in [-0.3, -0.25) is 4.79 Å². The molecular weight excluding hydrogens is 299 g/mol. The van der Waals surface area contributed by atoms with Crippen molar-refractivity contribution in [3.63, 3.8) is 0 Å². The number of ether oxygens (including phenoxy) is 2. The monoisotopic (exact) mass is 319 g/mol. The molecule has 0 aliphatic rings. The second-order valence-corrected chi connectivity index (χ2v) is 5.20. The van der Waals surface area contributed by atoms with Gasteiger partial charge < -0.3 is 14.8 Å².